The van der Waals surface area contributed by atoms with Crippen molar-refractivity contribution >= 4 is 56.8 Å². The van der Waals surface area contributed by atoms with E-state index in [4.69, 9.17) is 0 Å². The number of hydrogen-bond donors (Lipinski definition) is 3. The summed E-state index contributed by atoms with van der Waals surface area (Å²) in [6.45, 7) is 1.22. The van der Waals surface area contributed by atoms with Crippen LogP contribution in [0, 0.1) is 0 Å². The SMILES string of the molecule is CC(=O)NC(C(=O)O)C(O)c1ccc(C=Cc2csc3ccccc23)s1. The molecule has 134 valence electrons. The smallest absolute Gasteiger partial charge is 0.329 e. The molecule has 2 atom stereocenters. The largest absolute Gasteiger partial charge is 0.480 e. The lowest BCUT2D eigenvalue weighted by atomic mass is 10.1. The summed E-state index contributed by atoms with van der Waals surface area (Å²) in [5.41, 5.74) is 1.11. The number of rotatable bonds is 6. The van der Waals surface area contributed by atoms with Crippen LogP contribution >= 0.6 is 22.7 Å². The van der Waals surface area contributed by atoms with Gasteiger partial charge in [0.05, 0.1) is 0 Å². The van der Waals surface area contributed by atoms with Crippen LogP contribution in [-0.4, -0.2) is 28.1 Å². The predicted octanol–water partition coefficient (Wildman–Crippen LogP) is 3.76. The first-order valence-electron chi connectivity index (χ1n) is 7.87. The van der Waals surface area contributed by atoms with E-state index in [1.165, 1.54) is 28.3 Å². The van der Waals surface area contributed by atoms with Crippen LogP contribution in [0.5, 0.6) is 0 Å². The van der Waals surface area contributed by atoms with E-state index >= 15 is 0 Å². The van der Waals surface area contributed by atoms with Gasteiger partial charge < -0.3 is 15.5 Å². The van der Waals surface area contributed by atoms with Gasteiger partial charge >= 0.3 is 5.97 Å². The Morgan fingerprint density at radius 3 is 2.65 bits per heavy atom. The third kappa shape index (κ3) is 4.01. The number of aliphatic hydroxyl groups excluding tert-OH is 1. The van der Waals surface area contributed by atoms with Crippen LogP contribution in [0.15, 0.2) is 41.8 Å². The van der Waals surface area contributed by atoms with Crippen molar-refractivity contribution in [2.75, 3.05) is 0 Å². The number of nitrogens with one attached hydrogen (secondary N) is 1. The quantitative estimate of drug-likeness (QED) is 0.601. The van der Waals surface area contributed by atoms with E-state index < -0.39 is 24.0 Å². The van der Waals surface area contributed by atoms with Crippen LogP contribution < -0.4 is 5.32 Å². The minimum absolute atomic E-state index is 0.487. The van der Waals surface area contributed by atoms with Gasteiger partial charge in [0.15, 0.2) is 6.04 Å². The molecule has 3 aromatic rings. The monoisotopic (exact) mass is 387 g/mol. The topological polar surface area (TPSA) is 86.6 Å². The lowest BCUT2D eigenvalue weighted by molar-refractivity contribution is -0.144. The van der Waals surface area contributed by atoms with E-state index in [0.717, 1.165) is 10.4 Å². The fourth-order valence-corrected chi connectivity index (χ4v) is 4.44. The molecule has 0 radical (unpaired) electrons. The zero-order valence-electron chi connectivity index (χ0n) is 13.9. The maximum Gasteiger partial charge on any atom is 0.329 e. The first kappa shape index (κ1) is 18.3. The fraction of sp³-hybridized carbons (Fsp3) is 0.158. The summed E-state index contributed by atoms with van der Waals surface area (Å²) in [6.07, 6.45) is 2.64. The Balaban J connectivity index is 1.78. The van der Waals surface area contributed by atoms with Gasteiger partial charge in [0, 0.05) is 21.4 Å². The normalized spacial score (nSPS) is 13.8. The molecular formula is C19H17NO4S2. The number of carbonyl (C=O) groups is 2. The zero-order valence-corrected chi connectivity index (χ0v) is 15.5. The van der Waals surface area contributed by atoms with Crippen LogP contribution in [0.25, 0.3) is 22.2 Å². The van der Waals surface area contributed by atoms with Crippen molar-refractivity contribution in [3.8, 4) is 0 Å². The third-order valence-electron chi connectivity index (χ3n) is 3.82. The highest BCUT2D eigenvalue weighted by molar-refractivity contribution is 7.17. The van der Waals surface area contributed by atoms with Crippen LogP contribution in [0.3, 0.4) is 0 Å². The van der Waals surface area contributed by atoms with E-state index in [1.807, 2.05) is 30.4 Å². The minimum Gasteiger partial charge on any atom is -0.480 e. The molecule has 0 bridgehead atoms. The summed E-state index contributed by atoms with van der Waals surface area (Å²) in [4.78, 5) is 23.8. The summed E-state index contributed by atoms with van der Waals surface area (Å²) < 4.78 is 1.22. The van der Waals surface area contributed by atoms with Crippen molar-refractivity contribution in [1.29, 1.82) is 0 Å². The van der Waals surface area contributed by atoms with Crippen LogP contribution in [0.4, 0.5) is 0 Å². The van der Waals surface area contributed by atoms with E-state index in [9.17, 15) is 19.8 Å². The summed E-state index contributed by atoms with van der Waals surface area (Å²) >= 11 is 2.97. The molecule has 2 unspecified atom stereocenters. The molecule has 2 aromatic heterocycles. The van der Waals surface area contributed by atoms with E-state index in [2.05, 4.69) is 22.8 Å². The number of fused-ring (bicyclic) bond motifs is 1. The molecule has 0 aliphatic rings. The lowest BCUT2D eigenvalue weighted by Crippen LogP contribution is -2.43. The summed E-state index contributed by atoms with van der Waals surface area (Å²) in [7, 11) is 0. The maximum atomic E-state index is 11.3. The van der Waals surface area contributed by atoms with Crippen molar-refractivity contribution < 1.29 is 19.8 Å². The van der Waals surface area contributed by atoms with Gasteiger partial charge in [0.1, 0.15) is 6.10 Å². The number of hydrogen-bond acceptors (Lipinski definition) is 5. The summed E-state index contributed by atoms with van der Waals surface area (Å²) in [5.74, 6) is -1.78. The molecule has 1 aromatic carbocycles. The lowest BCUT2D eigenvalue weighted by Gasteiger charge is -2.18. The molecule has 5 nitrogen and oxygen atoms in total. The van der Waals surface area contributed by atoms with Crippen molar-refractivity contribution in [3.63, 3.8) is 0 Å². The maximum absolute atomic E-state index is 11.3. The molecule has 0 fully saturated rings. The fourth-order valence-electron chi connectivity index (χ4n) is 2.58. The number of carboxylic acid groups (broad SMARTS) is 1. The van der Waals surface area contributed by atoms with Gasteiger partial charge in [-0.25, -0.2) is 4.79 Å². The second-order valence-corrected chi connectivity index (χ2v) is 7.78. The van der Waals surface area contributed by atoms with Gasteiger partial charge in [-0.05, 0) is 40.6 Å². The minimum atomic E-state index is -1.37. The van der Waals surface area contributed by atoms with Gasteiger partial charge in [-0.1, -0.05) is 24.3 Å². The second-order valence-electron chi connectivity index (χ2n) is 5.72. The molecule has 26 heavy (non-hydrogen) atoms. The van der Waals surface area contributed by atoms with Crippen molar-refractivity contribution in [1.82, 2.24) is 5.32 Å². The molecule has 3 rings (SSSR count). The molecule has 0 spiro atoms. The van der Waals surface area contributed by atoms with Gasteiger partial charge in [-0.15, -0.1) is 22.7 Å². The zero-order chi connectivity index (χ0) is 18.7. The van der Waals surface area contributed by atoms with E-state index in [1.54, 1.807) is 17.4 Å². The molecule has 2 heterocycles. The molecule has 0 saturated heterocycles. The van der Waals surface area contributed by atoms with Crippen molar-refractivity contribution in [2.24, 2.45) is 0 Å². The van der Waals surface area contributed by atoms with Crippen LogP contribution in [-0.2, 0) is 9.59 Å². The number of benzene rings is 1. The predicted molar refractivity (Wildman–Crippen MR) is 105 cm³/mol. The molecule has 3 N–H and O–H groups in total. The highest BCUT2D eigenvalue weighted by Gasteiger charge is 2.29. The standard InChI is InChI=1S/C19H17NO4S2/c1-11(21)20-17(19(23)24)18(22)16-9-8-13(26-16)7-6-12-10-25-15-5-3-2-4-14(12)15/h2-10,17-18,22H,1H3,(H,20,21)(H,23,24). The molecular weight excluding hydrogens is 370 g/mol. The average molecular weight is 387 g/mol. The summed E-state index contributed by atoms with van der Waals surface area (Å²) in [6, 6.07) is 10.3. The number of thiophene rings is 2. The third-order valence-corrected chi connectivity index (χ3v) is 5.92. The highest BCUT2D eigenvalue weighted by Crippen LogP contribution is 2.30. The van der Waals surface area contributed by atoms with Crippen LogP contribution in [0.1, 0.15) is 28.3 Å². The Bertz CT molecular complexity index is 973. The molecule has 0 aliphatic carbocycles. The average Bonchev–Trinajstić information content (AvgIpc) is 3.24. The van der Waals surface area contributed by atoms with Gasteiger partial charge in [0.2, 0.25) is 5.91 Å². The first-order chi connectivity index (χ1) is 12.5. The van der Waals surface area contributed by atoms with Gasteiger partial charge in [0.25, 0.3) is 0 Å². The van der Waals surface area contributed by atoms with E-state index in [-0.39, 0.29) is 0 Å². The molecule has 0 saturated carbocycles. The number of aliphatic carboxylic acids is 1. The van der Waals surface area contributed by atoms with Crippen molar-refractivity contribution in [2.45, 2.75) is 19.1 Å². The number of carbonyl (C=O) groups excluding carboxylic acids is 1. The number of carboxylic acids is 1. The van der Waals surface area contributed by atoms with E-state index in [0.29, 0.717) is 4.88 Å². The second kappa shape index (κ2) is 7.82. The molecule has 1 amide bonds. The van der Waals surface area contributed by atoms with Gasteiger partial charge in [-0.3, -0.25) is 4.79 Å². The molecule has 0 aliphatic heterocycles. The summed E-state index contributed by atoms with van der Waals surface area (Å²) in [5, 5.41) is 25.0. The number of amides is 1. The first-order valence-corrected chi connectivity index (χ1v) is 9.57. The van der Waals surface area contributed by atoms with Crippen LogP contribution in [0.2, 0.25) is 0 Å². The Kier molecular flexibility index (Phi) is 5.51. The number of aliphatic hydroxyl groups is 1. The Hall–Kier alpha value is -2.48. The molecule has 7 heteroatoms. The highest BCUT2D eigenvalue weighted by atomic mass is 32.1. The Morgan fingerprint density at radius 1 is 1.15 bits per heavy atom. The van der Waals surface area contributed by atoms with Gasteiger partial charge in [-0.2, -0.15) is 0 Å². The van der Waals surface area contributed by atoms with Crippen molar-refractivity contribution in [3.05, 3.63) is 57.1 Å². The Morgan fingerprint density at radius 2 is 1.92 bits per heavy atom. The Labute approximate surface area is 158 Å².